The van der Waals surface area contributed by atoms with Gasteiger partial charge in [0.05, 0.1) is 25.0 Å². The molecular formula is C12H16CaN2O6. The van der Waals surface area contributed by atoms with Crippen LogP contribution in [0.5, 0.6) is 0 Å². The molecule has 0 aromatic heterocycles. The second-order valence-corrected chi connectivity index (χ2v) is 3.54. The van der Waals surface area contributed by atoms with Crippen molar-refractivity contribution in [3.8, 4) is 0 Å². The molecule has 0 heterocycles. The summed E-state index contributed by atoms with van der Waals surface area (Å²) >= 11 is 0. The van der Waals surface area contributed by atoms with Crippen molar-refractivity contribution < 1.29 is 29.4 Å². The third kappa shape index (κ3) is 14.8. The minimum absolute atomic E-state index is 0. The number of aliphatic carboxylic acids is 2. The zero-order valence-corrected chi connectivity index (χ0v) is 14.2. The molecule has 21 heavy (non-hydrogen) atoms. The van der Waals surface area contributed by atoms with Gasteiger partial charge in [0.15, 0.2) is 0 Å². The molecule has 2 amide bonds. The Morgan fingerprint density at radius 3 is 1.24 bits per heavy atom. The summed E-state index contributed by atoms with van der Waals surface area (Å²) in [5.74, 6) is -3.41. The monoisotopic (exact) mass is 324 g/mol. The Balaban J connectivity index is -0.000000295. The van der Waals surface area contributed by atoms with Gasteiger partial charge in [0.2, 0.25) is 11.8 Å². The fourth-order valence-electron chi connectivity index (χ4n) is 0.855. The van der Waals surface area contributed by atoms with Gasteiger partial charge < -0.3 is 29.6 Å². The summed E-state index contributed by atoms with van der Waals surface area (Å²) in [6, 6.07) is 0. The minimum Gasteiger partial charge on any atom is -0.548 e. The first-order chi connectivity index (χ1) is 9.15. The SMILES string of the molecule is C=CC(=O)N(C)CC(=O)[O-].C=CC(=O)N(C)CC(=O)[O-].[Ca+2]. The number of carboxylic acids is 2. The molecule has 0 spiro atoms. The number of carbonyl (C=O) groups excluding carboxylic acids is 4. The van der Waals surface area contributed by atoms with Crippen molar-refractivity contribution in [1.29, 1.82) is 0 Å². The van der Waals surface area contributed by atoms with Crippen LogP contribution in [0.25, 0.3) is 0 Å². The number of hydrogen-bond acceptors (Lipinski definition) is 6. The van der Waals surface area contributed by atoms with E-state index >= 15 is 0 Å². The summed E-state index contributed by atoms with van der Waals surface area (Å²) in [5, 5.41) is 19.8. The fraction of sp³-hybridized carbons (Fsp3) is 0.333. The first kappa shape index (κ1) is 24.6. The van der Waals surface area contributed by atoms with Crippen molar-refractivity contribution in [1.82, 2.24) is 9.80 Å². The van der Waals surface area contributed by atoms with Crippen molar-refractivity contribution in [2.75, 3.05) is 27.2 Å². The molecule has 0 radical (unpaired) electrons. The van der Waals surface area contributed by atoms with Crippen LogP contribution in [0.1, 0.15) is 0 Å². The zero-order chi connectivity index (χ0) is 16.3. The molecule has 0 saturated carbocycles. The molecule has 0 aromatic rings. The van der Waals surface area contributed by atoms with E-state index in [9.17, 15) is 29.4 Å². The van der Waals surface area contributed by atoms with Crippen LogP contribution in [-0.4, -0.2) is 98.5 Å². The van der Waals surface area contributed by atoms with E-state index in [0.717, 1.165) is 22.0 Å². The summed E-state index contributed by atoms with van der Waals surface area (Å²) in [6.07, 6.45) is 2.09. The second kappa shape index (κ2) is 13.6. The third-order valence-corrected chi connectivity index (χ3v) is 1.83. The summed E-state index contributed by atoms with van der Waals surface area (Å²) in [4.78, 5) is 42.9. The molecule has 0 aliphatic carbocycles. The van der Waals surface area contributed by atoms with E-state index in [4.69, 9.17) is 0 Å². The van der Waals surface area contributed by atoms with Crippen molar-refractivity contribution in [3.05, 3.63) is 25.3 Å². The number of hydrogen-bond donors (Lipinski definition) is 0. The van der Waals surface area contributed by atoms with Crippen molar-refractivity contribution in [2.45, 2.75) is 0 Å². The standard InChI is InChI=1S/2C6H9NO3.Ca/c2*1-3-5(8)7(2)4-6(9)10;/h2*3H,1,4H2,2H3,(H,9,10);/q;;+2/p-2. The van der Waals surface area contributed by atoms with Crippen LogP contribution in [-0.2, 0) is 19.2 Å². The molecule has 112 valence electrons. The van der Waals surface area contributed by atoms with Crippen LogP contribution >= 0.6 is 0 Å². The van der Waals surface area contributed by atoms with Crippen LogP contribution in [0.3, 0.4) is 0 Å². The maximum absolute atomic E-state index is 10.6. The average molecular weight is 324 g/mol. The van der Waals surface area contributed by atoms with Crippen LogP contribution in [0.2, 0.25) is 0 Å². The number of nitrogens with zero attached hydrogens (tertiary/aromatic N) is 2. The van der Waals surface area contributed by atoms with Gasteiger partial charge in [-0.15, -0.1) is 0 Å². The first-order valence-electron chi connectivity index (χ1n) is 5.30. The van der Waals surface area contributed by atoms with E-state index in [1.807, 2.05) is 0 Å². The number of carboxylic acid groups (broad SMARTS) is 2. The van der Waals surface area contributed by atoms with E-state index in [0.29, 0.717) is 0 Å². The number of amides is 2. The molecule has 0 saturated heterocycles. The van der Waals surface area contributed by atoms with Gasteiger partial charge >= 0.3 is 37.7 Å². The smallest absolute Gasteiger partial charge is 0.548 e. The number of carbonyl (C=O) groups is 4. The average Bonchev–Trinajstić information content (AvgIpc) is 2.35. The van der Waals surface area contributed by atoms with Crippen molar-refractivity contribution in [3.63, 3.8) is 0 Å². The van der Waals surface area contributed by atoms with Crippen molar-refractivity contribution in [2.24, 2.45) is 0 Å². The molecule has 9 heteroatoms. The largest absolute Gasteiger partial charge is 2.00 e. The van der Waals surface area contributed by atoms with E-state index in [1.54, 1.807) is 0 Å². The van der Waals surface area contributed by atoms with Crippen LogP contribution in [0, 0.1) is 0 Å². The van der Waals surface area contributed by atoms with Gasteiger partial charge in [0, 0.05) is 14.1 Å². The molecule has 0 unspecified atom stereocenters. The van der Waals surface area contributed by atoms with Gasteiger partial charge in [-0.25, -0.2) is 0 Å². The molecule has 0 N–H and O–H groups in total. The number of rotatable bonds is 6. The van der Waals surface area contributed by atoms with E-state index in [2.05, 4.69) is 13.2 Å². The molecule has 0 fully saturated rings. The Bertz CT molecular complexity index is 373. The maximum atomic E-state index is 10.6. The quantitative estimate of drug-likeness (QED) is 0.367. The van der Waals surface area contributed by atoms with Crippen LogP contribution in [0.4, 0.5) is 0 Å². The summed E-state index contributed by atoms with van der Waals surface area (Å²) in [6.45, 7) is 5.57. The fourth-order valence-corrected chi connectivity index (χ4v) is 0.855. The predicted octanol–water partition coefficient (Wildman–Crippen LogP) is -3.62. The molecule has 0 aliphatic rings. The Hall–Kier alpha value is -1.38. The normalized spacial score (nSPS) is 8.10. The van der Waals surface area contributed by atoms with Gasteiger partial charge in [0.1, 0.15) is 0 Å². The summed E-state index contributed by atoms with van der Waals surface area (Å²) in [5.41, 5.74) is 0. The third-order valence-electron chi connectivity index (χ3n) is 1.83. The molecule has 0 rings (SSSR count). The van der Waals surface area contributed by atoms with Crippen molar-refractivity contribution >= 4 is 61.5 Å². The molecule has 0 aliphatic heterocycles. The summed E-state index contributed by atoms with van der Waals surface area (Å²) in [7, 11) is 2.72. The Labute approximate surface area is 152 Å². The molecular weight excluding hydrogens is 308 g/mol. The molecule has 0 aromatic carbocycles. The van der Waals surface area contributed by atoms with E-state index in [-0.39, 0.29) is 37.7 Å². The van der Waals surface area contributed by atoms with Gasteiger partial charge in [-0.2, -0.15) is 0 Å². The minimum atomic E-state index is -1.28. The van der Waals surface area contributed by atoms with Gasteiger partial charge in [-0.1, -0.05) is 13.2 Å². The van der Waals surface area contributed by atoms with Crippen LogP contribution < -0.4 is 10.2 Å². The first-order valence-corrected chi connectivity index (χ1v) is 5.30. The molecule has 0 atom stereocenters. The topological polar surface area (TPSA) is 121 Å². The Morgan fingerprint density at radius 1 is 0.857 bits per heavy atom. The predicted molar refractivity (Wildman–Crippen MR) is 71.4 cm³/mol. The molecule has 0 bridgehead atoms. The summed E-state index contributed by atoms with van der Waals surface area (Å²) < 4.78 is 0. The number of likely N-dealkylation sites (N-methyl/N-ethyl adjacent to an activating group) is 2. The maximum Gasteiger partial charge on any atom is 2.00 e. The zero-order valence-electron chi connectivity index (χ0n) is 12.0. The van der Waals surface area contributed by atoms with Gasteiger partial charge in [-0.05, 0) is 12.2 Å². The van der Waals surface area contributed by atoms with Crippen LogP contribution in [0.15, 0.2) is 25.3 Å². The Morgan fingerprint density at radius 2 is 1.10 bits per heavy atom. The molecule has 8 nitrogen and oxygen atoms in total. The van der Waals surface area contributed by atoms with Gasteiger partial charge in [-0.3, -0.25) is 9.59 Å². The van der Waals surface area contributed by atoms with E-state index in [1.165, 1.54) is 14.1 Å². The Kier molecular flexibility index (Phi) is 15.9. The van der Waals surface area contributed by atoms with Gasteiger partial charge in [0.25, 0.3) is 0 Å². The second-order valence-electron chi connectivity index (χ2n) is 3.54. The van der Waals surface area contributed by atoms with E-state index < -0.39 is 36.8 Å².